The number of piperazine rings is 1. The second-order valence-electron chi connectivity index (χ2n) is 7.54. The van der Waals surface area contributed by atoms with Gasteiger partial charge in [-0.25, -0.2) is 0 Å². The molecule has 1 heterocycles. The highest BCUT2D eigenvalue weighted by atomic mass is 16.5. The third-order valence-corrected chi connectivity index (χ3v) is 5.22. The Hall–Kier alpha value is -0.850. The van der Waals surface area contributed by atoms with Gasteiger partial charge in [0, 0.05) is 59.0 Å². The average molecular weight is 368 g/mol. The van der Waals surface area contributed by atoms with Crippen LogP contribution >= 0.6 is 0 Å². The summed E-state index contributed by atoms with van der Waals surface area (Å²) in [6.45, 7) is 16.3. The third-order valence-electron chi connectivity index (χ3n) is 5.22. The molecule has 6 nitrogen and oxygen atoms in total. The maximum Gasteiger partial charge on any atom is 0.191 e. The smallest absolute Gasteiger partial charge is 0.191 e. The molecule has 0 unspecified atom stereocenters. The number of nitrogens with one attached hydrogen (secondary N) is 2. The van der Waals surface area contributed by atoms with E-state index in [1.165, 1.54) is 65.0 Å². The van der Waals surface area contributed by atoms with Gasteiger partial charge in [0.05, 0.1) is 0 Å². The highest BCUT2D eigenvalue weighted by Crippen LogP contribution is 2.28. The number of ether oxygens (including phenoxy) is 1. The van der Waals surface area contributed by atoms with Crippen LogP contribution in [0.3, 0.4) is 0 Å². The van der Waals surface area contributed by atoms with Crippen LogP contribution in [0, 0.1) is 5.92 Å². The number of hydrogen-bond acceptors (Lipinski definition) is 4. The van der Waals surface area contributed by atoms with Gasteiger partial charge >= 0.3 is 0 Å². The monoisotopic (exact) mass is 367 g/mol. The van der Waals surface area contributed by atoms with Crippen LogP contribution in [0.15, 0.2) is 4.99 Å². The highest BCUT2D eigenvalue weighted by Gasteiger charge is 2.20. The van der Waals surface area contributed by atoms with Gasteiger partial charge in [0.2, 0.25) is 0 Å². The lowest BCUT2D eigenvalue weighted by atomic mass is 10.2. The van der Waals surface area contributed by atoms with Gasteiger partial charge in [0.25, 0.3) is 0 Å². The fourth-order valence-electron chi connectivity index (χ4n) is 3.23. The summed E-state index contributed by atoms with van der Waals surface area (Å²) in [5.74, 6) is 1.80. The summed E-state index contributed by atoms with van der Waals surface area (Å²) in [4.78, 5) is 9.79. The molecule has 1 saturated carbocycles. The van der Waals surface area contributed by atoms with Crippen LogP contribution in [0.5, 0.6) is 0 Å². The van der Waals surface area contributed by atoms with Crippen molar-refractivity contribution in [1.29, 1.82) is 0 Å². The van der Waals surface area contributed by atoms with Gasteiger partial charge in [-0.2, -0.15) is 0 Å². The lowest BCUT2D eigenvalue weighted by Crippen LogP contribution is -2.46. The van der Waals surface area contributed by atoms with Gasteiger partial charge in [-0.15, -0.1) is 0 Å². The summed E-state index contributed by atoms with van der Waals surface area (Å²) in [7, 11) is 0. The zero-order valence-corrected chi connectivity index (χ0v) is 17.1. The van der Waals surface area contributed by atoms with Crippen molar-refractivity contribution in [2.75, 3.05) is 72.1 Å². The Kier molecular flexibility index (Phi) is 11.0. The lowest BCUT2D eigenvalue weighted by molar-refractivity contribution is 0.123. The summed E-state index contributed by atoms with van der Waals surface area (Å²) in [6, 6.07) is 0. The molecule has 0 aromatic carbocycles. The van der Waals surface area contributed by atoms with E-state index in [1.807, 2.05) is 0 Å². The summed E-state index contributed by atoms with van der Waals surface area (Å²) >= 11 is 0. The van der Waals surface area contributed by atoms with Crippen molar-refractivity contribution in [2.24, 2.45) is 10.9 Å². The number of rotatable bonds is 13. The first-order valence-corrected chi connectivity index (χ1v) is 10.9. The largest absolute Gasteiger partial charge is 0.381 e. The van der Waals surface area contributed by atoms with Gasteiger partial charge in [-0.05, 0) is 58.0 Å². The number of unbranched alkanes of at least 4 members (excludes halogenated alkanes) is 1. The zero-order valence-electron chi connectivity index (χ0n) is 17.1. The van der Waals surface area contributed by atoms with E-state index in [2.05, 4.69) is 39.3 Å². The van der Waals surface area contributed by atoms with E-state index >= 15 is 0 Å². The number of nitrogens with zero attached hydrogens (tertiary/aromatic N) is 3. The minimum atomic E-state index is 0.835. The highest BCUT2D eigenvalue weighted by molar-refractivity contribution is 5.79. The second-order valence-corrected chi connectivity index (χ2v) is 7.54. The van der Waals surface area contributed by atoms with Crippen LogP contribution in [0.2, 0.25) is 0 Å². The molecule has 2 N–H and O–H groups in total. The molecule has 152 valence electrons. The molecule has 1 saturated heterocycles. The molecule has 0 radical (unpaired) electrons. The van der Waals surface area contributed by atoms with E-state index in [4.69, 9.17) is 4.74 Å². The molecule has 0 aromatic heterocycles. The van der Waals surface area contributed by atoms with Crippen molar-refractivity contribution in [2.45, 2.75) is 46.0 Å². The first-order valence-electron chi connectivity index (χ1n) is 10.9. The Morgan fingerprint density at radius 2 is 1.77 bits per heavy atom. The van der Waals surface area contributed by atoms with Crippen LogP contribution in [0.25, 0.3) is 0 Å². The first-order chi connectivity index (χ1) is 12.8. The minimum absolute atomic E-state index is 0.835. The summed E-state index contributed by atoms with van der Waals surface area (Å²) in [6.07, 6.45) is 6.19. The molecule has 0 bridgehead atoms. The topological polar surface area (TPSA) is 52.1 Å². The number of hydrogen-bond donors (Lipinski definition) is 2. The molecule has 6 heteroatoms. The molecule has 0 aromatic rings. The van der Waals surface area contributed by atoms with E-state index in [0.717, 1.165) is 51.1 Å². The second kappa shape index (κ2) is 13.3. The molecule has 2 aliphatic rings. The molecule has 0 atom stereocenters. The van der Waals surface area contributed by atoms with E-state index < -0.39 is 0 Å². The lowest BCUT2D eigenvalue weighted by Gasteiger charge is -2.34. The SMILES string of the molecule is CCNC(=NCCCOCC1CC1)NCCCCN1CCN(CC)CC1. The van der Waals surface area contributed by atoms with Gasteiger partial charge in [0.15, 0.2) is 5.96 Å². The van der Waals surface area contributed by atoms with Crippen molar-refractivity contribution >= 4 is 5.96 Å². The standard InChI is InChI=1S/C20H41N5O/c1-3-21-20(23-11-7-17-26-18-19-8-9-19)22-10-5-6-12-25-15-13-24(4-2)14-16-25/h19H,3-18H2,1-2H3,(H2,21,22,23). The minimum Gasteiger partial charge on any atom is -0.381 e. The number of aliphatic imine (C=N–C) groups is 1. The summed E-state index contributed by atoms with van der Waals surface area (Å²) < 4.78 is 5.67. The number of guanidine groups is 1. The Bertz CT molecular complexity index is 378. The van der Waals surface area contributed by atoms with Gasteiger partial charge in [-0.3, -0.25) is 4.99 Å². The molecule has 2 fully saturated rings. The Labute approximate surface area is 160 Å². The Balaban J connectivity index is 1.46. The molecule has 2 rings (SSSR count). The maximum atomic E-state index is 5.67. The van der Waals surface area contributed by atoms with E-state index in [0.29, 0.717) is 0 Å². The molecule has 0 spiro atoms. The van der Waals surface area contributed by atoms with E-state index in [9.17, 15) is 0 Å². The van der Waals surface area contributed by atoms with Crippen molar-refractivity contribution in [3.63, 3.8) is 0 Å². The first kappa shape index (κ1) is 21.5. The third kappa shape index (κ3) is 9.74. The van der Waals surface area contributed by atoms with Gasteiger partial charge < -0.3 is 25.2 Å². The predicted octanol–water partition coefficient (Wildman–Crippen LogP) is 1.78. The molecule has 0 amide bonds. The molecule has 26 heavy (non-hydrogen) atoms. The van der Waals surface area contributed by atoms with E-state index in [1.54, 1.807) is 0 Å². The Morgan fingerprint density at radius 1 is 1.00 bits per heavy atom. The zero-order chi connectivity index (χ0) is 18.5. The maximum absolute atomic E-state index is 5.67. The van der Waals surface area contributed by atoms with Gasteiger partial charge in [0.1, 0.15) is 0 Å². The van der Waals surface area contributed by atoms with Crippen LogP contribution in [-0.4, -0.2) is 87.9 Å². The van der Waals surface area contributed by atoms with Crippen molar-refractivity contribution < 1.29 is 4.74 Å². The fourth-order valence-corrected chi connectivity index (χ4v) is 3.23. The van der Waals surface area contributed by atoms with Crippen LogP contribution in [-0.2, 0) is 4.74 Å². The van der Waals surface area contributed by atoms with E-state index in [-0.39, 0.29) is 0 Å². The predicted molar refractivity (Wildman–Crippen MR) is 110 cm³/mol. The quantitative estimate of drug-likeness (QED) is 0.295. The van der Waals surface area contributed by atoms with Crippen LogP contribution < -0.4 is 10.6 Å². The fraction of sp³-hybridized carbons (Fsp3) is 0.950. The van der Waals surface area contributed by atoms with Crippen molar-refractivity contribution in [1.82, 2.24) is 20.4 Å². The summed E-state index contributed by atoms with van der Waals surface area (Å²) in [5, 5.41) is 6.80. The molecular weight excluding hydrogens is 326 g/mol. The number of likely N-dealkylation sites (N-methyl/N-ethyl adjacent to an activating group) is 1. The normalized spacial score (nSPS) is 19.7. The summed E-state index contributed by atoms with van der Waals surface area (Å²) in [5.41, 5.74) is 0. The van der Waals surface area contributed by atoms with Crippen molar-refractivity contribution in [3.8, 4) is 0 Å². The Morgan fingerprint density at radius 3 is 2.46 bits per heavy atom. The average Bonchev–Trinajstić information content (AvgIpc) is 3.49. The molecule has 1 aliphatic carbocycles. The van der Waals surface area contributed by atoms with Crippen molar-refractivity contribution in [3.05, 3.63) is 0 Å². The molecular formula is C20H41N5O. The molecule has 1 aliphatic heterocycles. The van der Waals surface area contributed by atoms with Crippen LogP contribution in [0.1, 0.15) is 46.0 Å². The van der Waals surface area contributed by atoms with Gasteiger partial charge in [-0.1, -0.05) is 6.92 Å². The van der Waals surface area contributed by atoms with Crippen LogP contribution in [0.4, 0.5) is 0 Å².